The zero-order valence-electron chi connectivity index (χ0n) is 16.3. The van der Waals surface area contributed by atoms with E-state index in [9.17, 15) is 0 Å². The Kier molecular flexibility index (Phi) is 6.60. The maximum absolute atomic E-state index is 5.99. The maximum Gasteiger partial charge on any atom is 0.131 e. The molecule has 1 aliphatic heterocycles. The third kappa shape index (κ3) is 5.25. The predicted octanol–water partition coefficient (Wildman–Crippen LogP) is 4.89. The normalized spacial score (nSPS) is 15.6. The van der Waals surface area contributed by atoms with Crippen molar-refractivity contribution in [1.82, 2.24) is 15.3 Å². The molecule has 1 saturated heterocycles. The van der Waals surface area contributed by atoms with Crippen LogP contribution < -0.4 is 16.0 Å². The summed E-state index contributed by atoms with van der Waals surface area (Å²) in [6.07, 6.45) is 7.87. The lowest BCUT2D eigenvalue weighted by molar-refractivity contribution is 0.335. The van der Waals surface area contributed by atoms with Crippen molar-refractivity contribution in [2.75, 3.05) is 23.7 Å². The number of anilines is 2. The summed E-state index contributed by atoms with van der Waals surface area (Å²) in [5.41, 5.74) is 3.43. The maximum atomic E-state index is 5.99. The second-order valence-corrected chi connectivity index (χ2v) is 7.80. The molecule has 6 heteroatoms. The van der Waals surface area contributed by atoms with Gasteiger partial charge in [0.2, 0.25) is 0 Å². The van der Waals surface area contributed by atoms with Gasteiger partial charge in [-0.2, -0.15) is 0 Å². The number of piperidine rings is 1. The van der Waals surface area contributed by atoms with Crippen LogP contribution in [0.1, 0.15) is 30.0 Å². The summed E-state index contributed by atoms with van der Waals surface area (Å²) >= 11 is 5.99. The highest BCUT2D eigenvalue weighted by Gasteiger charge is 2.26. The van der Waals surface area contributed by atoms with Crippen molar-refractivity contribution in [1.29, 1.82) is 0 Å². The van der Waals surface area contributed by atoms with E-state index >= 15 is 0 Å². The number of nitrogens with one attached hydrogen (secondary N) is 3. The summed E-state index contributed by atoms with van der Waals surface area (Å²) in [7, 11) is 0. The van der Waals surface area contributed by atoms with E-state index in [1.54, 1.807) is 0 Å². The van der Waals surface area contributed by atoms with Gasteiger partial charge in [-0.1, -0.05) is 17.7 Å². The van der Waals surface area contributed by atoms with E-state index in [4.69, 9.17) is 11.6 Å². The van der Waals surface area contributed by atoms with Gasteiger partial charge in [0, 0.05) is 41.4 Å². The van der Waals surface area contributed by atoms with Crippen molar-refractivity contribution in [3.63, 3.8) is 0 Å². The number of rotatable bonds is 7. The average molecular weight is 408 g/mol. The molecule has 5 nitrogen and oxygen atoms in total. The zero-order chi connectivity index (χ0) is 19.9. The Bertz CT molecular complexity index is 895. The molecule has 1 aliphatic rings. The molecule has 3 heterocycles. The highest BCUT2D eigenvalue weighted by atomic mass is 35.5. The Morgan fingerprint density at radius 1 is 1.00 bits per heavy atom. The highest BCUT2D eigenvalue weighted by molar-refractivity contribution is 6.30. The SMILES string of the molecule is Clc1ccc(NCc2cccnc2NC(c2ccncc2)C2CCNCC2)cc1. The molecular formula is C23H26ClN5. The molecule has 1 fully saturated rings. The molecule has 1 atom stereocenters. The molecule has 2 aromatic heterocycles. The van der Waals surface area contributed by atoms with Crippen LogP contribution in [0.15, 0.2) is 67.1 Å². The van der Waals surface area contributed by atoms with Crippen LogP contribution in [-0.4, -0.2) is 23.1 Å². The first-order chi connectivity index (χ1) is 14.3. The summed E-state index contributed by atoms with van der Waals surface area (Å²) in [4.78, 5) is 8.85. The van der Waals surface area contributed by atoms with Gasteiger partial charge in [0.25, 0.3) is 0 Å². The Morgan fingerprint density at radius 3 is 2.52 bits per heavy atom. The molecule has 1 unspecified atom stereocenters. The van der Waals surface area contributed by atoms with E-state index in [1.165, 1.54) is 5.56 Å². The van der Waals surface area contributed by atoms with Crippen molar-refractivity contribution in [2.24, 2.45) is 5.92 Å². The van der Waals surface area contributed by atoms with Gasteiger partial charge in [-0.3, -0.25) is 4.98 Å². The number of nitrogens with zero attached hydrogens (tertiary/aromatic N) is 2. The van der Waals surface area contributed by atoms with Gasteiger partial charge in [0.05, 0.1) is 6.04 Å². The summed E-state index contributed by atoms with van der Waals surface area (Å²) in [6.45, 7) is 2.80. The van der Waals surface area contributed by atoms with Crippen LogP contribution in [0.4, 0.5) is 11.5 Å². The fraction of sp³-hybridized carbons (Fsp3) is 0.304. The third-order valence-corrected chi connectivity index (χ3v) is 5.68. The standard InChI is InChI=1S/C23H26ClN5/c24-20-3-5-21(6-4-20)28-16-19-2-1-11-27-23(19)29-22(17-7-12-25-13-8-17)18-9-14-26-15-10-18/h1-8,11-13,18,22,26,28H,9-10,14-16H2,(H,27,29). The van der Waals surface area contributed by atoms with Crippen molar-refractivity contribution in [2.45, 2.75) is 25.4 Å². The fourth-order valence-corrected chi connectivity index (χ4v) is 3.97. The molecule has 0 radical (unpaired) electrons. The van der Waals surface area contributed by atoms with Gasteiger partial charge in [-0.25, -0.2) is 4.98 Å². The van der Waals surface area contributed by atoms with Gasteiger partial charge >= 0.3 is 0 Å². The first-order valence-corrected chi connectivity index (χ1v) is 10.5. The second kappa shape index (κ2) is 9.72. The lowest BCUT2D eigenvalue weighted by Gasteiger charge is -2.32. The molecule has 29 heavy (non-hydrogen) atoms. The minimum Gasteiger partial charge on any atom is -0.381 e. The van der Waals surface area contributed by atoms with E-state index in [0.29, 0.717) is 12.5 Å². The summed E-state index contributed by atoms with van der Waals surface area (Å²) < 4.78 is 0. The van der Waals surface area contributed by atoms with Crippen LogP contribution in [0, 0.1) is 5.92 Å². The van der Waals surface area contributed by atoms with E-state index in [1.807, 2.05) is 48.9 Å². The van der Waals surface area contributed by atoms with Gasteiger partial charge in [0.15, 0.2) is 0 Å². The van der Waals surface area contributed by atoms with Crippen molar-refractivity contribution in [3.05, 3.63) is 83.3 Å². The van der Waals surface area contributed by atoms with E-state index in [0.717, 1.165) is 48.0 Å². The summed E-state index contributed by atoms with van der Waals surface area (Å²) in [6, 6.07) is 16.3. The highest BCUT2D eigenvalue weighted by Crippen LogP contribution is 2.32. The van der Waals surface area contributed by atoms with Crippen molar-refractivity contribution < 1.29 is 0 Å². The average Bonchev–Trinajstić information content (AvgIpc) is 2.79. The first kappa shape index (κ1) is 19.7. The van der Waals surface area contributed by atoms with E-state index < -0.39 is 0 Å². The van der Waals surface area contributed by atoms with Gasteiger partial charge < -0.3 is 16.0 Å². The number of hydrogen-bond acceptors (Lipinski definition) is 5. The van der Waals surface area contributed by atoms with Crippen LogP contribution in [0.2, 0.25) is 5.02 Å². The number of halogens is 1. The van der Waals surface area contributed by atoms with Crippen molar-refractivity contribution >= 4 is 23.1 Å². The Morgan fingerprint density at radius 2 is 1.76 bits per heavy atom. The van der Waals surface area contributed by atoms with Crippen LogP contribution in [0.5, 0.6) is 0 Å². The molecule has 0 spiro atoms. The number of pyridine rings is 2. The molecular weight excluding hydrogens is 382 g/mol. The Labute approximate surface area is 176 Å². The van der Waals surface area contributed by atoms with Crippen LogP contribution >= 0.6 is 11.6 Å². The van der Waals surface area contributed by atoms with Gasteiger partial charge in [-0.05, 0) is 79.9 Å². The minimum absolute atomic E-state index is 0.212. The molecule has 150 valence electrons. The molecule has 4 rings (SSSR count). The smallest absolute Gasteiger partial charge is 0.131 e. The molecule has 3 N–H and O–H groups in total. The zero-order valence-corrected chi connectivity index (χ0v) is 17.1. The summed E-state index contributed by atoms with van der Waals surface area (Å²) in [5.74, 6) is 1.48. The third-order valence-electron chi connectivity index (χ3n) is 5.43. The predicted molar refractivity (Wildman–Crippen MR) is 119 cm³/mol. The minimum atomic E-state index is 0.212. The topological polar surface area (TPSA) is 61.9 Å². The molecule has 0 saturated carbocycles. The molecule has 0 aliphatic carbocycles. The van der Waals surface area contributed by atoms with E-state index in [2.05, 4.69) is 44.1 Å². The summed E-state index contributed by atoms with van der Waals surface area (Å²) in [5, 5.41) is 11.4. The second-order valence-electron chi connectivity index (χ2n) is 7.36. The monoisotopic (exact) mass is 407 g/mol. The molecule has 1 aromatic carbocycles. The van der Waals surface area contributed by atoms with Gasteiger partial charge in [0.1, 0.15) is 5.82 Å². The van der Waals surface area contributed by atoms with Crippen LogP contribution in [-0.2, 0) is 6.54 Å². The molecule has 0 bridgehead atoms. The number of benzene rings is 1. The lowest BCUT2D eigenvalue weighted by Crippen LogP contribution is -2.33. The molecule has 3 aromatic rings. The first-order valence-electron chi connectivity index (χ1n) is 10.1. The number of hydrogen-bond donors (Lipinski definition) is 3. The van der Waals surface area contributed by atoms with Crippen molar-refractivity contribution in [3.8, 4) is 0 Å². The number of aromatic nitrogens is 2. The van der Waals surface area contributed by atoms with E-state index in [-0.39, 0.29) is 6.04 Å². The lowest BCUT2D eigenvalue weighted by atomic mass is 9.86. The van der Waals surface area contributed by atoms with Crippen LogP contribution in [0.25, 0.3) is 0 Å². The fourth-order valence-electron chi connectivity index (χ4n) is 3.85. The van der Waals surface area contributed by atoms with Crippen LogP contribution in [0.3, 0.4) is 0 Å². The van der Waals surface area contributed by atoms with Gasteiger partial charge in [-0.15, -0.1) is 0 Å². The Hall–Kier alpha value is -2.63. The largest absolute Gasteiger partial charge is 0.381 e. The molecule has 0 amide bonds. The Balaban J connectivity index is 1.53. The quantitative estimate of drug-likeness (QED) is 0.520.